The Morgan fingerprint density at radius 2 is 1.48 bits per heavy atom. The van der Waals surface area contributed by atoms with Crippen molar-refractivity contribution in [2.24, 2.45) is 0 Å². The van der Waals surface area contributed by atoms with Gasteiger partial charge in [0.25, 0.3) is 20.2 Å². The van der Waals surface area contributed by atoms with E-state index in [0.29, 0.717) is 5.57 Å². The smallest absolute Gasteiger partial charge is 0.284 e. The molecule has 21 heavy (non-hydrogen) atoms. The highest BCUT2D eigenvalue weighted by Gasteiger charge is 2.52. The first-order valence-electron chi connectivity index (χ1n) is 5.56. The van der Waals surface area contributed by atoms with E-state index in [1.54, 1.807) is 30.3 Å². The number of halogens is 1. The van der Waals surface area contributed by atoms with E-state index < -0.39 is 30.7 Å². The fourth-order valence-corrected chi connectivity index (χ4v) is 4.10. The van der Waals surface area contributed by atoms with Crippen molar-refractivity contribution < 1.29 is 25.9 Å². The molecule has 0 atom stereocenters. The van der Waals surface area contributed by atoms with Crippen molar-refractivity contribution in [1.29, 1.82) is 0 Å². The first-order chi connectivity index (χ1) is 9.17. The summed E-state index contributed by atoms with van der Waals surface area (Å²) in [6.07, 6.45) is 2.82. The lowest BCUT2D eigenvalue weighted by molar-refractivity contribution is 0.437. The summed E-state index contributed by atoms with van der Waals surface area (Å²) in [5, 5.41) is 0. The number of hydrogen-bond acceptors (Lipinski definition) is 4. The van der Waals surface area contributed by atoms with E-state index in [9.17, 15) is 16.8 Å². The Labute approximate surface area is 129 Å². The lowest BCUT2D eigenvalue weighted by Crippen LogP contribution is -2.44. The number of rotatable bonds is 3. The van der Waals surface area contributed by atoms with E-state index in [2.05, 4.69) is 0 Å². The maximum atomic E-state index is 11.3. The van der Waals surface area contributed by atoms with Crippen LogP contribution in [0.2, 0.25) is 0 Å². The maximum Gasteiger partial charge on any atom is 0.291 e. The van der Waals surface area contributed by atoms with Gasteiger partial charge in [0.2, 0.25) is 4.08 Å². The molecule has 0 unspecified atom stereocenters. The predicted molar refractivity (Wildman–Crippen MR) is 81.3 cm³/mol. The molecule has 0 bridgehead atoms. The SMILES string of the molecule is Cl.O=S(=O)(O)C1(S(=O)(=O)O)C=CC(c2ccccc2)=CC1. The van der Waals surface area contributed by atoms with Crippen LogP contribution in [-0.2, 0) is 20.2 Å². The third-order valence-electron chi connectivity index (χ3n) is 3.10. The van der Waals surface area contributed by atoms with Crippen LogP contribution < -0.4 is 0 Å². The maximum absolute atomic E-state index is 11.3. The van der Waals surface area contributed by atoms with Crippen molar-refractivity contribution in [1.82, 2.24) is 0 Å². The highest BCUT2D eigenvalue weighted by atomic mass is 35.5. The van der Waals surface area contributed by atoms with Crippen LogP contribution in [0.4, 0.5) is 0 Å². The summed E-state index contributed by atoms with van der Waals surface area (Å²) in [6.45, 7) is 0. The van der Waals surface area contributed by atoms with Gasteiger partial charge in [-0.2, -0.15) is 16.8 Å². The number of benzene rings is 1. The van der Waals surface area contributed by atoms with Crippen LogP contribution in [0.5, 0.6) is 0 Å². The fraction of sp³-hybridized carbons (Fsp3) is 0.167. The van der Waals surface area contributed by atoms with Gasteiger partial charge in [0, 0.05) is 6.42 Å². The molecule has 0 amide bonds. The molecule has 116 valence electrons. The van der Waals surface area contributed by atoms with Gasteiger partial charge in [-0.25, -0.2) is 0 Å². The van der Waals surface area contributed by atoms with Crippen LogP contribution in [0.25, 0.3) is 5.57 Å². The Balaban J connectivity index is 0.00000220. The average molecular weight is 353 g/mol. The summed E-state index contributed by atoms with van der Waals surface area (Å²) in [5.41, 5.74) is 1.37. The van der Waals surface area contributed by atoms with Crippen molar-refractivity contribution >= 4 is 38.2 Å². The lowest BCUT2D eigenvalue weighted by atomic mass is 9.99. The third-order valence-corrected chi connectivity index (χ3v) is 6.72. The first-order valence-corrected chi connectivity index (χ1v) is 8.44. The summed E-state index contributed by atoms with van der Waals surface area (Å²) in [4.78, 5) is 0. The molecule has 0 aromatic heterocycles. The molecular formula is C12H13ClO6S2. The number of allylic oxidation sites excluding steroid dienone is 3. The Morgan fingerprint density at radius 3 is 1.86 bits per heavy atom. The summed E-state index contributed by atoms with van der Waals surface area (Å²) < 4.78 is 60.9. The molecule has 9 heteroatoms. The van der Waals surface area contributed by atoms with Gasteiger partial charge in [-0.05, 0) is 17.2 Å². The highest BCUT2D eigenvalue weighted by molar-refractivity contribution is 8.05. The van der Waals surface area contributed by atoms with Crippen molar-refractivity contribution in [3.8, 4) is 0 Å². The van der Waals surface area contributed by atoms with Crippen LogP contribution >= 0.6 is 12.4 Å². The van der Waals surface area contributed by atoms with Gasteiger partial charge in [-0.1, -0.05) is 42.5 Å². The molecule has 0 radical (unpaired) electrons. The Morgan fingerprint density at radius 1 is 0.952 bits per heavy atom. The van der Waals surface area contributed by atoms with Crippen molar-refractivity contribution in [2.45, 2.75) is 10.5 Å². The molecule has 1 aliphatic carbocycles. The van der Waals surface area contributed by atoms with Crippen LogP contribution in [0.1, 0.15) is 12.0 Å². The van der Waals surface area contributed by atoms with Crippen LogP contribution in [0.3, 0.4) is 0 Å². The minimum atomic E-state index is -5.02. The second-order valence-electron chi connectivity index (χ2n) is 4.32. The Hall–Kier alpha value is -1.19. The summed E-state index contributed by atoms with van der Waals surface area (Å²) >= 11 is 0. The molecule has 0 heterocycles. The molecule has 6 nitrogen and oxygen atoms in total. The quantitative estimate of drug-likeness (QED) is 0.804. The van der Waals surface area contributed by atoms with Gasteiger partial charge in [0.05, 0.1) is 0 Å². The standard InChI is InChI=1S/C12H12O6S2.ClH/c13-19(14,15)12(20(16,17)18)8-6-11(7-9-12)10-4-2-1-3-5-10;/h1-8H,9H2,(H,13,14,15)(H,16,17,18);1H. The monoisotopic (exact) mass is 352 g/mol. The zero-order valence-electron chi connectivity index (χ0n) is 10.6. The second-order valence-corrected chi connectivity index (χ2v) is 7.94. The molecule has 2 rings (SSSR count). The molecule has 0 spiro atoms. The van der Waals surface area contributed by atoms with Gasteiger partial charge < -0.3 is 0 Å². The summed E-state index contributed by atoms with van der Waals surface area (Å²) in [5.74, 6) is 0. The van der Waals surface area contributed by atoms with E-state index in [1.807, 2.05) is 0 Å². The Kier molecular flexibility index (Phi) is 5.01. The van der Waals surface area contributed by atoms with Gasteiger partial charge in [0.1, 0.15) is 0 Å². The van der Waals surface area contributed by atoms with Gasteiger partial charge in [0.15, 0.2) is 0 Å². The molecule has 1 aromatic rings. The molecule has 2 N–H and O–H groups in total. The minimum Gasteiger partial charge on any atom is -0.284 e. The summed E-state index contributed by atoms with van der Waals surface area (Å²) in [7, 11) is -10.0. The molecule has 0 saturated heterocycles. The van der Waals surface area contributed by atoms with Crippen LogP contribution in [-0.4, -0.2) is 30.0 Å². The van der Waals surface area contributed by atoms with E-state index in [0.717, 1.165) is 11.6 Å². The molecule has 0 saturated carbocycles. The molecule has 0 aliphatic heterocycles. The van der Waals surface area contributed by atoms with Crippen molar-refractivity contribution in [2.75, 3.05) is 0 Å². The minimum absolute atomic E-state index is 0. The highest BCUT2D eigenvalue weighted by Crippen LogP contribution is 2.35. The lowest BCUT2D eigenvalue weighted by Gasteiger charge is -2.25. The number of hydrogen-bond donors (Lipinski definition) is 2. The van der Waals surface area contributed by atoms with E-state index >= 15 is 0 Å². The molecule has 0 fully saturated rings. The molecular weight excluding hydrogens is 340 g/mol. The predicted octanol–water partition coefficient (Wildman–Crippen LogP) is 1.92. The molecule has 1 aliphatic rings. The first kappa shape index (κ1) is 17.9. The Bertz CT molecular complexity index is 746. The second kappa shape index (κ2) is 5.90. The van der Waals surface area contributed by atoms with Gasteiger partial charge in [-0.15, -0.1) is 12.4 Å². The van der Waals surface area contributed by atoms with Gasteiger partial charge in [-0.3, -0.25) is 9.11 Å². The topological polar surface area (TPSA) is 109 Å². The van der Waals surface area contributed by atoms with Crippen LogP contribution in [0.15, 0.2) is 48.6 Å². The zero-order chi connectivity index (χ0) is 15.0. The largest absolute Gasteiger partial charge is 0.291 e. The van der Waals surface area contributed by atoms with Crippen molar-refractivity contribution in [3.63, 3.8) is 0 Å². The fourth-order valence-electron chi connectivity index (χ4n) is 1.97. The van der Waals surface area contributed by atoms with Crippen LogP contribution in [0, 0.1) is 0 Å². The van der Waals surface area contributed by atoms with Gasteiger partial charge >= 0.3 is 0 Å². The van der Waals surface area contributed by atoms with E-state index in [1.165, 1.54) is 12.2 Å². The average Bonchev–Trinajstić information content (AvgIpc) is 2.37. The third kappa shape index (κ3) is 3.19. The zero-order valence-corrected chi connectivity index (χ0v) is 13.0. The van der Waals surface area contributed by atoms with E-state index in [4.69, 9.17) is 9.11 Å². The summed E-state index contributed by atoms with van der Waals surface area (Å²) in [6, 6.07) is 8.89. The molecule has 1 aromatic carbocycles. The normalized spacial score (nSPS) is 17.7. The van der Waals surface area contributed by atoms with E-state index in [-0.39, 0.29) is 12.4 Å². The van der Waals surface area contributed by atoms with Crippen molar-refractivity contribution in [3.05, 3.63) is 54.1 Å².